The lowest BCUT2D eigenvalue weighted by atomic mass is 9.98. The highest BCUT2D eigenvalue weighted by molar-refractivity contribution is 7.15. The van der Waals surface area contributed by atoms with E-state index in [0.717, 1.165) is 11.7 Å². The summed E-state index contributed by atoms with van der Waals surface area (Å²) < 4.78 is 0. The number of carbonyl (C=O) groups excluding carboxylic acids is 2. The third kappa shape index (κ3) is 2.84. The predicted octanol–water partition coefficient (Wildman–Crippen LogP) is 1.25. The van der Waals surface area contributed by atoms with Gasteiger partial charge in [-0.2, -0.15) is 0 Å². The van der Waals surface area contributed by atoms with Gasteiger partial charge in [0.15, 0.2) is 0 Å². The Kier molecular flexibility index (Phi) is 3.90. The third-order valence-corrected chi connectivity index (χ3v) is 3.60. The number of imide groups is 1. The van der Waals surface area contributed by atoms with Crippen molar-refractivity contribution in [2.24, 2.45) is 5.92 Å². The van der Waals surface area contributed by atoms with Crippen LogP contribution in [0, 0.1) is 5.92 Å². The molecule has 0 bridgehead atoms. The van der Waals surface area contributed by atoms with Crippen LogP contribution in [0.5, 0.6) is 0 Å². The summed E-state index contributed by atoms with van der Waals surface area (Å²) in [5, 5.41) is 12.4. The van der Waals surface area contributed by atoms with E-state index >= 15 is 0 Å². The predicted molar refractivity (Wildman–Crippen MR) is 68.0 cm³/mol. The average molecular weight is 268 g/mol. The molecule has 1 aromatic heterocycles. The molecule has 1 saturated heterocycles. The summed E-state index contributed by atoms with van der Waals surface area (Å²) in [6.45, 7) is 4.91. The molecule has 18 heavy (non-hydrogen) atoms. The number of aromatic nitrogens is 2. The van der Waals surface area contributed by atoms with Gasteiger partial charge < -0.3 is 5.32 Å². The molecule has 6 nitrogen and oxygen atoms in total. The van der Waals surface area contributed by atoms with Crippen LogP contribution in [0.1, 0.15) is 31.7 Å². The summed E-state index contributed by atoms with van der Waals surface area (Å²) >= 11 is 1.38. The Morgan fingerprint density at radius 1 is 1.33 bits per heavy atom. The number of anilines is 1. The first kappa shape index (κ1) is 12.9. The monoisotopic (exact) mass is 268 g/mol. The van der Waals surface area contributed by atoms with Gasteiger partial charge in [0, 0.05) is 19.4 Å². The van der Waals surface area contributed by atoms with E-state index < -0.39 is 0 Å². The molecule has 0 radical (unpaired) electrons. The number of carbonyl (C=O) groups is 2. The molecule has 2 amide bonds. The van der Waals surface area contributed by atoms with Crippen LogP contribution in [-0.2, 0) is 16.1 Å². The zero-order chi connectivity index (χ0) is 13.1. The second kappa shape index (κ2) is 5.43. The van der Waals surface area contributed by atoms with E-state index in [1.54, 1.807) is 0 Å². The maximum Gasteiger partial charge on any atom is 0.229 e. The van der Waals surface area contributed by atoms with Crippen molar-refractivity contribution in [1.82, 2.24) is 15.1 Å². The van der Waals surface area contributed by atoms with E-state index in [0.29, 0.717) is 17.8 Å². The summed E-state index contributed by atoms with van der Waals surface area (Å²) in [5.41, 5.74) is 0. The maximum absolute atomic E-state index is 11.8. The first-order valence-electron chi connectivity index (χ1n) is 5.99. The zero-order valence-electron chi connectivity index (χ0n) is 10.5. The summed E-state index contributed by atoms with van der Waals surface area (Å²) in [4.78, 5) is 24.9. The van der Waals surface area contributed by atoms with Gasteiger partial charge in [-0.05, 0) is 12.8 Å². The Labute approximate surface area is 109 Å². The minimum absolute atomic E-state index is 0.112. The van der Waals surface area contributed by atoms with Crippen LogP contribution in [0.25, 0.3) is 0 Å². The van der Waals surface area contributed by atoms with Crippen molar-refractivity contribution in [2.45, 2.75) is 33.2 Å². The molecule has 0 atom stereocenters. The summed E-state index contributed by atoms with van der Waals surface area (Å²) in [7, 11) is 0. The first-order valence-corrected chi connectivity index (χ1v) is 6.81. The van der Waals surface area contributed by atoms with Crippen LogP contribution in [0.2, 0.25) is 0 Å². The van der Waals surface area contributed by atoms with E-state index in [1.807, 2.05) is 13.8 Å². The third-order valence-electron chi connectivity index (χ3n) is 2.74. The number of rotatable bonds is 4. The lowest BCUT2D eigenvalue weighted by Crippen LogP contribution is -2.42. The number of hydrogen-bond donors (Lipinski definition) is 1. The van der Waals surface area contributed by atoms with Crippen molar-refractivity contribution in [2.75, 3.05) is 11.9 Å². The molecule has 7 heteroatoms. The standard InChI is InChI=1S/C11H16N4O2S/c1-3-12-11-14-13-8(18-11)6-15-9(16)4-7(2)5-10(15)17/h7H,3-6H2,1-2H3,(H,12,14). The minimum Gasteiger partial charge on any atom is -0.360 e. The lowest BCUT2D eigenvalue weighted by molar-refractivity contribution is -0.150. The first-order chi connectivity index (χ1) is 8.60. The fraction of sp³-hybridized carbons (Fsp3) is 0.636. The van der Waals surface area contributed by atoms with E-state index in [1.165, 1.54) is 16.2 Å². The second-order valence-corrected chi connectivity index (χ2v) is 5.48. The van der Waals surface area contributed by atoms with Crippen LogP contribution in [-0.4, -0.2) is 33.5 Å². The van der Waals surface area contributed by atoms with Crippen molar-refractivity contribution in [3.05, 3.63) is 5.01 Å². The molecular weight excluding hydrogens is 252 g/mol. The summed E-state index contributed by atoms with van der Waals surface area (Å²) in [6.07, 6.45) is 0.870. The lowest BCUT2D eigenvalue weighted by Gasteiger charge is -2.27. The highest BCUT2D eigenvalue weighted by Crippen LogP contribution is 2.23. The molecule has 1 aromatic rings. The van der Waals surface area contributed by atoms with Crippen molar-refractivity contribution in [3.8, 4) is 0 Å². The van der Waals surface area contributed by atoms with Crippen molar-refractivity contribution < 1.29 is 9.59 Å². The molecule has 0 aromatic carbocycles. The van der Waals surface area contributed by atoms with Gasteiger partial charge >= 0.3 is 0 Å². The Hall–Kier alpha value is -1.50. The van der Waals surface area contributed by atoms with Crippen LogP contribution in [0.15, 0.2) is 0 Å². The molecule has 2 rings (SSSR count). The molecule has 0 saturated carbocycles. The second-order valence-electron chi connectivity index (χ2n) is 4.42. The van der Waals surface area contributed by atoms with Crippen LogP contribution in [0.4, 0.5) is 5.13 Å². The molecule has 0 unspecified atom stereocenters. The van der Waals surface area contributed by atoms with Gasteiger partial charge in [-0.15, -0.1) is 10.2 Å². The number of piperidine rings is 1. The van der Waals surface area contributed by atoms with Gasteiger partial charge in [-0.1, -0.05) is 18.3 Å². The quantitative estimate of drug-likeness (QED) is 0.832. The fourth-order valence-corrected chi connectivity index (χ4v) is 2.68. The van der Waals surface area contributed by atoms with Crippen molar-refractivity contribution in [1.29, 1.82) is 0 Å². The number of likely N-dealkylation sites (tertiary alicyclic amines) is 1. The zero-order valence-corrected chi connectivity index (χ0v) is 11.3. The van der Waals surface area contributed by atoms with Gasteiger partial charge in [-0.25, -0.2) is 0 Å². The maximum atomic E-state index is 11.8. The largest absolute Gasteiger partial charge is 0.360 e. The number of nitrogens with zero attached hydrogens (tertiary/aromatic N) is 3. The number of nitrogens with one attached hydrogen (secondary N) is 1. The Morgan fingerprint density at radius 3 is 2.61 bits per heavy atom. The number of amides is 2. The van der Waals surface area contributed by atoms with E-state index in [-0.39, 0.29) is 24.3 Å². The Morgan fingerprint density at radius 2 is 2.00 bits per heavy atom. The van der Waals surface area contributed by atoms with Crippen molar-refractivity contribution >= 4 is 28.3 Å². The van der Waals surface area contributed by atoms with Crippen LogP contribution >= 0.6 is 11.3 Å². The number of hydrogen-bond acceptors (Lipinski definition) is 6. The minimum atomic E-state index is -0.112. The van der Waals surface area contributed by atoms with E-state index in [4.69, 9.17) is 0 Å². The summed E-state index contributed by atoms with van der Waals surface area (Å²) in [6, 6.07) is 0. The van der Waals surface area contributed by atoms with Gasteiger partial charge in [0.1, 0.15) is 5.01 Å². The molecule has 2 heterocycles. The molecule has 1 aliphatic rings. The molecule has 0 spiro atoms. The molecule has 0 aliphatic carbocycles. The molecule has 98 valence electrons. The van der Waals surface area contributed by atoms with Gasteiger partial charge in [0.05, 0.1) is 6.54 Å². The molecule has 1 aliphatic heterocycles. The highest BCUT2D eigenvalue weighted by atomic mass is 32.1. The molecule has 1 fully saturated rings. The SMILES string of the molecule is CCNc1nnc(CN2C(=O)CC(C)CC2=O)s1. The Balaban J connectivity index is 2.03. The van der Waals surface area contributed by atoms with Gasteiger partial charge in [0.2, 0.25) is 16.9 Å². The van der Waals surface area contributed by atoms with Gasteiger partial charge in [0.25, 0.3) is 0 Å². The Bertz CT molecular complexity index is 442. The molecule has 1 N–H and O–H groups in total. The smallest absolute Gasteiger partial charge is 0.229 e. The van der Waals surface area contributed by atoms with Gasteiger partial charge in [-0.3, -0.25) is 14.5 Å². The fourth-order valence-electron chi connectivity index (χ4n) is 1.88. The highest BCUT2D eigenvalue weighted by Gasteiger charge is 2.30. The normalized spacial score (nSPS) is 17.3. The summed E-state index contributed by atoms with van der Waals surface area (Å²) in [5.74, 6) is -0.0779. The molecular formula is C11H16N4O2S. The van der Waals surface area contributed by atoms with E-state index in [9.17, 15) is 9.59 Å². The van der Waals surface area contributed by atoms with E-state index in [2.05, 4.69) is 15.5 Å². The van der Waals surface area contributed by atoms with Crippen LogP contribution < -0.4 is 5.32 Å². The van der Waals surface area contributed by atoms with Crippen molar-refractivity contribution in [3.63, 3.8) is 0 Å². The average Bonchev–Trinajstić information content (AvgIpc) is 2.72. The van der Waals surface area contributed by atoms with Crippen LogP contribution in [0.3, 0.4) is 0 Å². The topological polar surface area (TPSA) is 75.2 Å².